The Morgan fingerprint density at radius 2 is 1.80 bits per heavy atom. The van der Waals surface area contributed by atoms with Gasteiger partial charge in [0.25, 0.3) is 11.8 Å². The van der Waals surface area contributed by atoms with Crippen molar-refractivity contribution < 1.29 is 9.59 Å². The van der Waals surface area contributed by atoms with Crippen LogP contribution in [0.1, 0.15) is 61.3 Å². The monoisotopic (exact) mass is 345 g/mol. The highest BCUT2D eigenvalue weighted by Gasteiger charge is 2.29. The Bertz CT molecular complexity index is 596. The minimum Gasteiger partial charge on any atom is -0.339 e. The fourth-order valence-corrected chi connectivity index (χ4v) is 3.33. The molecule has 1 N–H and O–H groups in total. The zero-order valence-corrected chi connectivity index (χ0v) is 15.9. The van der Waals surface area contributed by atoms with Crippen LogP contribution in [0.3, 0.4) is 0 Å². The third kappa shape index (κ3) is 4.60. The normalized spacial score (nSPS) is 20.4. The largest absolute Gasteiger partial charge is 0.339 e. The maximum Gasteiger partial charge on any atom is 0.254 e. The number of rotatable bonds is 6. The van der Waals surface area contributed by atoms with Crippen LogP contribution in [0.15, 0.2) is 24.3 Å². The minimum absolute atomic E-state index is 0.00744. The maximum absolute atomic E-state index is 12.9. The van der Waals surface area contributed by atoms with Gasteiger partial charge < -0.3 is 15.1 Å². The molecule has 1 aliphatic rings. The van der Waals surface area contributed by atoms with Gasteiger partial charge in [-0.2, -0.15) is 0 Å². The summed E-state index contributed by atoms with van der Waals surface area (Å²) in [5, 5.41) is 3.39. The first kappa shape index (κ1) is 19.4. The number of piperazine rings is 1. The van der Waals surface area contributed by atoms with E-state index in [4.69, 9.17) is 0 Å². The Labute approximate surface area is 151 Å². The number of benzene rings is 1. The van der Waals surface area contributed by atoms with E-state index in [1.165, 1.54) is 0 Å². The van der Waals surface area contributed by atoms with Crippen LogP contribution in [0, 0.1) is 0 Å². The van der Waals surface area contributed by atoms with Crippen molar-refractivity contribution in [1.29, 1.82) is 0 Å². The third-order valence-electron chi connectivity index (χ3n) is 4.93. The van der Waals surface area contributed by atoms with Crippen LogP contribution in [0.4, 0.5) is 0 Å². The van der Waals surface area contributed by atoms with Crippen molar-refractivity contribution in [2.24, 2.45) is 0 Å². The Kier molecular flexibility index (Phi) is 7.00. The van der Waals surface area contributed by atoms with E-state index in [-0.39, 0.29) is 23.9 Å². The highest BCUT2D eigenvalue weighted by atomic mass is 16.2. The molecule has 2 atom stereocenters. The van der Waals surface area contributed by atoms with Crippen molar-refractivity contribution in [1.82, 2.24) is 15.1 Å². The number of carbonyl (C=O) groups is 2. The van der Waals surface area contributed by atoms with Crippen molar-refractivity contribution in [3.63, 3.8) is 0 Å². The second kappa shape index (κ2) is 8.99. The molecule has 0 saturated carbocycles. The average Bonchev–Trinajstić information content (AvgIpc) is 2.63. The summed E-state index contributed by atoms with van der Waals surface area (Å²) in [6.45, 7) is 11.3. The zero-order valence-electron chi connectivity index (χ0n) is 15.9. The molecule has 1 fully saturated rings. The maximum atomic E-state index is 12.9. The minimum atomic E-state index is 0.00744. The number of nitrogens with zero attached hydrogens (tertiary/aromatic N) is 2. The molecule has 1 saturated heterocycles. The van der Waals surface area contributed by atoms with E-state index < -0.39 is 0 Å². The van der Waals surface area contributed by atoms with Gasteiger partial charge in [0.05, 0.1) is 0 Å². The van der Waals surface area contributed by atoms with Crippen molar-refractivity contribution >= 4 is 11.8 Å². The van der Waals surface area contributed by atoms with Crippen LogP contribution in [-0.4, -0.2) is 59.9 Å². The first-order chi connectivity index (χ1) is 12.0. The van der Waals surface area contributed by atoms with Gasteiger partial charge in [-0.3, -0.25) is 9.59 Å². The van der Waals surface area contributed by atoms with E-state index in [1.807, 2.05) is 21.9 Å². The average molecular weight is 345 g/mol. The second-order valence-corrected chi connectivity index (χ2v) is 6.85. The molecule has 0 aromatic heterocycles. The molecule has 2 rings (SSSR count). The van der Waals surface area contributed by atoms with Gasteiger partial charge in [-0.15, -0.1) is 0 Å². The predicted molar refractivity (Wildman–Crippen MR) is 101 cm³/mol. The molecule has 5 heteroatoms. The second-order valence-electron chi connectivity index (χ2n) is 6.85. The van der Waals surface area contributed by atoms with Gasteiger partial charge in [0.2, 0.25) is 0 Å². The van der Waals surface area contributed by atoms with E-state index in [2.05, 4.69) is 33.0 Å². The number of hydrogen-bond donors (Lipinski definition) is 1. The predicted octanol–water partition coefficient (Wildman–Crippen LogP) is 2.77. The molecular weight excluding hydrogens is 314 g/mol. The van der Waals surface area contributed by atoms with Crippen LogP contribution in [0.25, 0.3) is 0 Å². The van der Waals surface area contributed by atoms with Gasteiger partial charge in [-0.05, 0) is 44.9 Å². The molecule has 0 spiro atoms. The molecule has 1 aromatic rings. The molecular formula is C20H31N3O2. The lowest BCUT2D eigenvalue weighted by Crippen LogP contribution is -2.57. The summed E-state index contributed by atoms with van der Waals surface area (Å²) in [4.78, 5) is 29.5. The third-order valence-corrected chi connectivity index (χ3v) is 4.93. The summed E-state index contributed by atoms with van der Waals surface area (Å²) < 4.78 is 0. The Morgan fingerprint density at radius 1 is 1.16 bits per heavy atom. The molecule has 1 aliphatic heterocycles. The smallest absolute Gasteiger partial charge is 0.254 e. The van der Waals surface area contributed by atoms with E-state index >= 15 is 0 Å². The molecule has 2 amide bonds. The zero-order chi connectivity index (χ0) is 18.4. The van der Waals surface area contributed by atoms with Gasteiger partial charge in [0, 0.05) is 49.4 Å². The van der Waals surface area contributed by atoms with Gasteiger partial charge in [0.1, 0.15) is 0 Å². The van der Waals surface area contributed by atoms with Crippen LogP contribution >= 0.6 is 0 Å². The quantitative estimate of drug-likeness (QED) is 0.862. The highest BCUT2D eigenvalue weighted by Crippen LogP contribution is 2.16. The Hall–Kier alpha value is -1.88. The first-order valence-corrected chi connectivity index (χ1v) is 9.43. The molecule has 25 heavy (non-hydrogen) atoms. The number of carbonyl (C=O) groups excluding carboxylic acids is 2. The fourth-order valence-electron chi connectivity index (χ4n) is 3.33. The topological polar surface area (TPSA) is 52.7 Å². The van der Waals surface area contributed by atoms with Crippen LogP contribution in [-0.2, 0) is 0 Å². The number of nitrogens with one attached hydrogen (secondary N) is 1. The summed E-state index contributed by atoms with van der Waals surface area (Å²) in [6, 6.07) is 7.59. The number of amides is 2. The van der Waals surface area contributed by atoms with Crippen molar-refractivity contribution in [3.8, 4) is 0 Å². The van der Waals surface area contributed by atoms with Gasteiger partial charge in [-0.25, -0.2) is 0 Å². The van der Waals surface area contributed by atoms with Crippen molar-refractivity contribution in [2.45, 2.75) is 52.6 Å². The van der Waals surface area contributed by atoms with Gasteiger partial charge in [-0.1, -0.05) is 19.9 Å². The van der Waals surface area contributed by atoms with Gasteiger partial charge >= 0.3 is 0 Å². The Balaban J connectivity index is 2.20. The molecule has 1 heterocycles. The summed E-state index contributed by atoms with van der Waals surface area (Å²) in [5.41, 5.74) is 1.20. The van der Waals surface area contributed by atoms with Crippen LogP contribution < -0.4 is 5.32 Å². The molecule has 1 aromatic carbocycles. The molecule has 0 bridgehead atoms. The van der Waals surface area contributed by atoms with E-state index in [9.17, 15) is 9.59 Å². The lowest BCUT2D eigenvalue weighted by Gasteiger charge is -2.38. The lowest BCUT2D eigenvalue weighted by atomic mass is 10.0. The SMILES string of the molecule is CCCN(CCC)C(=O)c1cccc(C(=O)N2CCNC(C)C2C)c1. The standard InChI is InChI=1S/C20H31N3O2/c1-5-11-22(12-6-2)19(24)17-8-7-9-18(14-17)20(25)23-13-10-21-15(3)16(23)4/h7-9,14-16,21H,5-6,10-13H2,1-4H3. The number of hydrogen-bond acceptors (Lipinski definition) is 3. The summed E-state index contributed by atoms with van der Waals surface area (Å²) in [7, 11) is 0. The fraction of sp³-hybridized carbons (Fsp3) is 0.600. The molecule has 5 nitrogen and oxygen atoms in total. The van der Waals surface area contributed by atoms with Crippen LogP contribution in [0.2, 0.25) is 0 Å². The highest BCUT2D eigenvalue weighted by molar-refractivity contribution is 5.99. The molecule has 2 unspecified atom stereocenters. The molecule has 138 valence electrons. The van der Waals surface area contributed by atoms with E-state index in [0.717, 1.165) is 32.5 Å². The van der Waals surface area contributed by atoms with E-state index in [0.29, 0.717) is 17.7 Å². The molecule has 0 radical (unpaired) electrons. The van der Waals surface area contributed by atoms with Crippen molar-refractivity contribution in [3.05, 3.63) is 35.4 Å². The van der Waals surface area contributed by atoms with E-state index in [1.54, 1.807) is 12.1 Å². The summed E-state index contributed by atoms with van der Waals surface area (Å²) in [6.07, 6.45) is 1.86. The lowest BCUT2D eigenvalue weighted by molar-refractivity contribution is 0.0603. The van der Waals surface area contributed by atoms with Crippen LogP contribution in [0.5, 0.6) is 0 Å². The molecule has 0 aliphatic carbocycles. The Morgan fingerprint density at radius 3 is 2.44 bits per heavy atom. The summed E-state index contributed by atoms with van der Waals surface area (Å²) >= 11 is 0. The van der Waals surface area contributed by atoms with Gasteiger partial charge in [0.15, 0.2) is 0 Å². The van der Waals surface area contributed by atoms with Crippen molar-refractivity contribution in [2.75, 3.05) is 26.2 Å². The summed E-state index contributed by atoms with van der Waals surface area (Å²) in [5.74, 6) is 0.0214. The first-order valence-electron chi connectivity index (χ1n) is 9.43.